The molecule has 3 nitrogen and oxygen atoms in total. The average molecular weight is 140 g/mol. The van der Waals surface area contributed by atoms with Gasteiger partial charge in [0.05, 0.1) is 0 Å². The van der Waals surface area contributed by atoms with Crippen molar-refractivity contribution in [2.24, 2.45) is 0 Å². The maximum Gasteiger partial charge on any atom is 0.509 e. The van der Waals surface area contributed by atoms with Crippen molar-refractivity contribution >= 4 is 6.16 Å². The van der Waals surface area contributed by atoms with Gasteiger partial charge in [-0.3, -0.25) is 0 Å². The second-order valence-electron chi connectivity index (χ2n) is 1.89. The van der Waals surface area contributed by atoms with Crippen LogP contribution in [-0.2, 0) is 9.47 Å². The van der Waals surface area contributed by atoms with Crippen LogP contribution in [0.3, 0.4) is 0 Å². The fourth-order valence-electron chi connectivity index (χ4n) is 0.749. The molecule has 3 heteroatoms. The summed E-state index contributed by atoms with van der Waals surface area (Å²) in [6.07, 6.45) is 1.62. The van der Waals surface area contributed by atoms with Gasteiger partial charge in [0.1, 0.15) is 0 Å². The summed E-state index contributed by atoms with van der Waals surface area (Å²) in [5, 5.41) is 0. The largest absolute Gasteiger partial charge is 0.509 e. The highest BCUT2D eigenvalue weighted by atomic mass is 16.8. The molecule has 1 rings (SSSR count). The van der Waals surface area contributed by atoms with Crippen LogP contribution >= 0.6 is 0 Å². The van der Waals surface area contributed by atoms with Gasteiger partial charge in [-0.25, -0.2) is 4.79 Å². The Morgan fingerprint density at radius 1 is 1.20 bits per heavy atom. The Bertz CT molecular complexity index is 156. The zero-order valence-electron chi connectivity index (χ0n) is 5.45. The molecule has 0 spiro atoms. The third kappa shape index (κ3) is 1.03. The van der Waals surface area contributed by atoms with E-state index in [1.807, 2.05) is 0 Å². The molecule has 0 unspecified atom stereocenters. The van der Waals surface area contributed by atoms with Crippen molar-refractivity contribution in [1.82, 2.24) is 0 Å². The van der Waals surface area contributed by atoms with Crippen molar-refractivity contribution in [3.05, 3.63) is 25.3 Å². The Labute approximate surface area is 58.9 Å². The van der Waals surface area contributed by atoms with Crippen LogP contribution in [0.4, 0.5) is 4.79 Å². The fraction of sp³-hybridized carbons (Fsp3) is 0.286. The number of ether oxygens (including phenoxy) is 2. The molecule has 0 N–H and O–H groups in total. The standard InChI is InChI=1S/C7H8O3/c1-3-5-6(4-2)10-7(8)9-5/h3-6H,1-2H2/t5-,6-/m1/s1. The molecule has 1 aliphatic heterocycles. The first-order valence-corrected chi connectivity index (χ1v) is 2.90. The first kappa shape index (κ1) is 6.86. The van der Waals surface area contributed by atoms with Crippen LogP contribution in [0, 0.1) is 0 Å². The normalized spacial score (nSPS) is 30.6. The van der Waals surface area contributed by atoms with E-state index in [0.29, 0.717) is 0 Å². The van der Waals surface area contributed by atoms with E-state index in [1.54, 1.807) is 0 Å². The van der Waals surface area contributed by atoms with Crippen LogP contribution in [0.1, 0.15) is 0 Å². The predicted molar refractivity (Wildman–Crippen MR) is 35.5 cm³/mol. The molecule has 1 saturated heterocycles. The van der Waals surface area contributed by atoms with E-state index in [9.17, 15) is 4.79 Å². The minimum Gasteiger partial charge on any atom is -0.422 e. The lowest BCUT2D eigenvalue weighted by Gasteiger charge is -2.03. The summed E-state index contributed by atoms with van der Waals surface area (Å²) < 4.78 is 9.33. The molecule has 2 atom stereocenters. The topological polar surface area (TPSA) is 35.5 Å². The molecule has 0 bridgehead atoms. The van der Waals surface area contributed by atoms with Gasteiger partial charge in [0.15, 0.2) is 12.2 Å². The first-order valence-electron chi connectivity index (χ1n) is 2.90. The Morgan fingerprint density at radius 2 is 1.60 bits per heavy atom. The van der Waals surface area contributed by atoms with E-state index < -0.39 is 6.16 Å². The number of carbonyl (C=O) groups excluding carboxylic acids is 1. The van der Waals surface area contributed by atoms with Crippen LogP contribution < -0.4 is 0 Å². The van der Waals surface area contributed by atoms with Gasteiger partial charge in [0.25, 0.3) is 0 Å². The van der Waals surface area contributed by atoms with Crippen LogP contribution in [0.15, 0.2) is 25.3 Å². The monoisotopic (exact) mass is 140 g/mol. The average Bonchev–Trinajstić information content (AvgIpc) is 2.30. The summed E-state index contributed by atoms with van der Waals surface area (Å²) in [6, 6.07) is 0. The Balaban J connectivity index is 2.65. The van der Waals surface area contributed by atoms with E-state index in [2.05, 4.69) is 22.6 Å². The van der Waals surface area contributed by atoms with Crippen molar-refractivity contribution in [2.45, 2.75) is 12.2 Å². The van der Waals surface area contributed by atoms with Gasteiger partial charge < -0.3 is 9.47 Å². The molecule has 0 aromatic rings. The minimum atomic E-state index is -0.658. The van der Waals surface area contributed by atoms with Crippen LogP contribution in [0.5, 0.6) is 0 Å². The number of cyclic esters (lactones) is 2. The molecular formula is C7H8O3. The highest BCUT2D eigenvalue weighted by Gasteiger charge is 2.31. The SMILES string of the molecule is C=C[C@H]1OC(=O)O[C@@H]1C=C. The van der Waals surface area contributed by atoms with Crippen molar-refractivity contribution in [1.29, 1.82) is 0 Å². The van der Waals surface area contributed by atoms with Gasteiger partial charge in [0, 0.05) is 0 Å². The summed E-state index contributed by atoms with van der Waals surface area (Å²) >= 11 is 0. The van der Waals surface area contributed by atoms with Crippen LogP contribution in [0.2, 0.25) is 0 Å². The molecule has 0 radical (unpaired) electrons. The molecule has 0 aliphatic carbocycles. The van der Waals surface area contributed by atoms with Gasteiger partial charge in [-0.05, 0) is 12.2 Å². The molecule has 0 aromatic heterocycles. The Hall–Kier alpha value is -1.25. The van der Waals surface area contributed by atoms with E-state index in [4.69, 9.17) is 0 Å². The maximum atomic E-state index is 10.4. The van der Waals surface area contributed by atoms with Gasteiger partial charge in [0.2, 0.25) is 0 Å². The van der Waals surface area contributed by atoms with E-state index in [-0.39, 0.29) is 12.2 Å². The lowest BCUT2D eigenvalue weighted by Crippen LogP contribution is -2.16. The summed E-state index contributed by atoms with van der Waals surface area (Å²) in [7, 11) is 0. The Morgan fingerprint density at radius 3 is 1.90 bits per heavy atom. The van der Waals surface area contributed by atoms with Gasteiger partial charge in [-0.1, -0.05) is 13.2 Å². The molecule has 1 fully saturated rings. The number of rotatable bonds is 2. The highest BCUT2D eigenvalue weighted by Crippen LogP contribution is 2.16. The van der Waals surface area contributed by atoms with E-state index in [0.717, 1.165) is 0 Å². The number of hydrogen-bond acceptors (Lipinski definition) is 3. The van der Waals surface area contributed by atoms with E-state index in [1.165, 1.54) is 12.2 Å². The molecule has 0 amide bonds. The highest BCUT2D eigenvalue weighted by molar-refractivity contribution is 5.63. The van der Waals surface area contributed by atoms with E-state index >= 15 is 0 Å². The number of hydrogen-bond donors (Lipinski definition) is 0. The molecule has 1 heterocycles. The molecule has 1 aliphatic rings. The summed E-state index contributed by atoms with van der Waals surface area (Å²) in [5.41, 5.74) is 0. The summed E-state index contributed by atoms with van der Waals surface area (Å²) in [4.78, 5) is 10.4. The quantitative estimate of drug-likeness (QED) is 0.428. The van der Waals surface area contributed by atoms with Gasteiger partial charge in [-0.2, -0.15) is 0 Å². The lowest BCUT2D eigenvalue weighted by atomic mass is 10.2. The fourth-order valence-corrected chi connectivity index (χ4v) is 0.749. The van der Waals surface area contributed by atoms with Crippen LogP contribution in [-0.4, -0.2) is 18.4 Å². The zero-order valence-corrected chi connectivity index (χ0v) is 5.45. The summed E-state index contributed by atoms with van der Waals surface area (Å²) in [5.74, 6) is 0. The maximum absolute atomic E-state index is 10.4. The zero-order chi connectivity index (χ0) is 7.56. The third-order valence-corrected chi connectivity index (χ3v) is 1.25. The van der Waals surface area contributed by atoms with Crippen molar-refractivity contribution in [2.75, 3.05) is 0 Å². The molecule has 0 saturated carbocycles. The third-order valence-electron chi connectivity index (χ3n) is 1.25. The Kier molecular flexibility index (Phi) is 1.76. The lowest BCUT2D eigenvalue weighted by molar-refractivity contribution is 0.122. The van der Waals surface area contributed by atoms with Crippen molar-refractivity contribution in [3.63, 3.8) is 0 Å². The second kappa shape index (κ2) is 2.56. The first-order chi connectivity index (χ1) is 4.77. The minimum absolute atomic E-state index is 0.370. The van der Waals surface area contributed by atoms with Crippen LogP contribution in [0.25, 0.3) is 0 Å². The molecule has 0 aromatic carbocycles. The van der Waals surface area contributed by atoms with Gasteiger partial charge in [-0.15, -0.1) is 0 Å². The van der Waals surface area contributed by atoms with Crippen molar-refractivity contribution in [3.8, 4) is 0 Å². The predicted octanol–water partition coefficient (Wildman–Crippen LogP) is 1.26. The molecular weight excluding hydrogens is 132 g/mol. The second-order valence-corrected chi connectivity index (χ2v) is 1.89. The van der Waals surface area contributed by atoms with Crippen molar-refractivity contribution < 1.29 is 14.3 Å². The summed E-state index contributed by atoms with van der Waals surface area (Å²) in [6.45, 7) is 6.94. The van der Waals surface area contributed by atoms with Gasteiger partial charge >= 0.3 is 6.16 Å². The molecule has 54 valence electrons. The number of carbonyl (C=O) groups is 1. The molecule has 10 heavy (non-hydrogen) atoms. The smallest absolute Gasteiger partial charge is 0.422 e.